The van der Waals surface area contributed by atoms with Gasteiger partial charge in [0.15, 0.2) is 0 Å². The van der Waals surface area contributed by atoms with Gasteiger partial charge in [-0.15, -0.1) is 0 Å². The highest BCUT2D eigenvalue weighted by molar-refractivity contribution is 5.84. The van der Waals surface area contributed by atoms with E-state index in [0.717, 1.165) is 77.7 Å². The summed E-state index contributed by atoms with van der Waals surface area (Å²) in [4.78, 5) is 31.7. The molecule has 0 radical (unpaired) electrons. The molecule has 3 saturated heterocycles. The molecule has 4 aliphatic rings. The minimum Gasteiger partial charge on any atom is -0.345 e. The van der Waals surface area contributed by atoms with Crippen molar-refractivity contribution in [3.8, 4) is 0 Å². The number of rotatable bonds is 2. The summed E-state index contributed by atoms with van der Waals surface area (Å²) in [5.41, 5.74) is -0.105. The second-order valence-corrected chi connectivity index (χ2v) is 8.52. The SMILES string of the molecule is CN1CCC[C@@]2(CCN(C3CCN(C(=O)C4CCC4)CC3)C2)C1=O. The van der Waals surface area contributed by atoms with Gasteiger partial charge in [0.05, 0.1) is 5.41 Å². The average Bonchev–Trinajstić information content (AvgIpc) is 2.96. The van der Waals surface area contributed by atoms with Crippen LogP contribution in [-0.4, -0.2) is 72.3 Å². The summed E-state index contributed by atoms with van der Waals surface area (Å²) in [6.07, 6.45) is 8.82. The first-order valence-corrected chi connectivity index (χ1v) is 9.87. The minimum atomic E-state index is -0.105. The predicted molar refractivity (Wildman–Crippen MR) is 92.4 cm³/mol. The molecule has 1 atom stereocenters. The lowest BCUT2D eigenvalue weighted by Crippen LogP contribution is -2.51. The molecule has 0 bridgehead atoms. The van der Waals surface area contributed by atoms with Gasteiger partial charge in [-0.2, -0.15) is 0 Å². The van der Waals surface area contributed by atoms with E-state index in [0.29, 0.717) is 23.8 Å². The number of likely N-dealkylation sites (tertiary alicyclic amines) is 3. The maximum atomic E-state index is 12.7. The van der Waals surface area contributed by atoms with Crippen LogP contribution in [0.1, 0.15) is 51.4 Å². The van der Waals surface area contributed by atoms with Gasteiger partial charge in [-0.3, -0.25) is 14.5 Å². The molecule has 1 spiro atoms. The third-order valence-corrected chi connectivity index (χ3v) is 7.08. The number of carbonyl (C=O) groups is 2. The summed E-state index contributed by atoms with van der Waals surface area (Å²) in [7, 11) is 1.95. The molecule has 1 saturated carbocycles. The molecule has 5 heteroatoms. The highest BCUT2D eigenvalue weighted by Gasteiger charge is 2.49. The Labute approximate surface area is 145 Å². The maximum Gasteiger partial charge on any atom is 0.229 e. The van der Waals surface area contributed by atoms with Gasteiger partial charge < -0.3 is 9.80 Å². The Hall–Kier alpha value is -1.10. The monoisotopic (exact) mass is 333 g/mol. The Bertz CT molecular complexity index is 511. The molecule has 0 N–H and O–H groups in total. The van der Waals surface area contributed by atoms with Crippen molar-refractivity contribution in [3.05, 3.63) is 0 Å². The van der Waals surface area contributed by atoms with Crippen LogP contribution in [0.25, 0.3) is 0 Å². The minimum absolute atomic E-state index is 0.105. The molecule has 1 aliphatic carbocycles. The fraction of sp³-hybridized carbons (Fsp3) is 0.895. The van der Waals surface area contributed by atoms with Gasteiger partial charge in [0, 0.05) is 45.2 Å². The highest BCUT2D eigenvalue weighted by atomic mass is 16.2. The molecule has 0 unspecified atom stereocenters. The normalized spacial score (nSPS) is 33.3. The van der Waals surface area contributed by atoms with Crippen molar-refractivity contribution in [2.75, 3.05) is 39.8 Å². The van der Waals surface area contributed by atoms with E-state index in [4.69, 9.17) is 0 Å². The lowest BCUT2D eigenvalue weighted by Gasteiger charge is -2.41. The second-order valence-electron chi connectivity index (χ2n) is 8.52. The molecule has 0 aromatic rings. The first kappa shape index (κ1) is 16.4. The summed E-state index contributed by atoms with van der Waals surface area (Å²) >= 11 is 0. The van der Waals surface area contributed by atoms with Crippen LogP contribution in [0.3, 0.4) is 0 Å². The molecule has 0 aromatic carbocycles. The lowest BCUT2D eigenvalue weighted by atomic mass is 9.78. The van der Waals surface area contributed by atoms with Crippen LogP contribution in [0, 0.1) is 11.3 Å². The zero-order chi connectivity index (χ0) is 16.7. The highest BCUT2D eigenvalue weighted by Crippen LogP contribution is 2.41. The molecule has 134 valence electrons. The molecule has 4 fully saturated rings. The Morgan fingerprint density at radius 2 is 1.75 bits per heavy atom. The third kappa shape index (κ3) is 2.75. The van der Waals surface area contributed by atoms with Crippen LogP contribution in [0.15, 0.2) is 0 Å². The molecule has 4 rings (SSSR count). The summed E-state index contributed by atoms with van der Waals surface area (Å²) in [6, 6.07) is 0.565. The van der Waals surface area contributed by atoms with Crippen LogP contribution in [-0.2, 0) is 9.59 Å². The van der Waals surface area contributed by atoms with E-state index in [9.17, 15) is 9.59 Å². The zero-order valence-corrected chi connectivity index (χ0v) is 15.0. The lowest BCUT2D eigenvalue weighted by molar-refractivity contribution is -0.144. The Morgan fingerprint density at radius 1 is 1.00 bits per heavy atom. The van der Waals surface area contributed by atoms with Crippen molar-refractivity contribution < 1.29 is 9.59 Å². The van der Waals surface area contributed by atoms with Gasteiger partial charge in [-0.25, -0.2) is 0 Å². The van der Waals surface area contributed by atoms with Crippen molar-refractivity contribution in [2.45, 2.75) is 57.4 Å². The Kier molecular flexibility index (Phi) is 4.31. The van der Waals surface area contributed by atoms with Crippen molar-refractivity contribution in [1.82, 2.24) is 14.7 Å². The molecular weight excluding hydrogens is 302 g/mol. The van der Waals surface area contributed by atoms with E-state index in [1.807, 2.05) is 11.9 Å². The Balaban J connectivity index is 1.32. The van der Waals surface area contributed by atoms with Crippen LogP contribution in [0.4, 0.5) is 0 Å². The van der Waals surface area contributed by atoms with Crippen LogP contribution in [0.2, 0.25) is 0 Å². The molecule has 0 aromatic heterocycles. The van der Waals surface area contributed by atoms with E-state index in [1.165, 1.54) is 6.42 Å². The third-order valence-electron chi connectivity index (χ3n) is 7.08. The first-order valence-electron chi connectivity index (χ1n) is 9.87. The molecule has 3 aliphatic heterocycles. The van der Waals surface area contributed by atoms with Crippen LogP contribution in [0.5, 0.6) is 0 Å². The zero-order valence-electron chi connectivity index (χ0n) is 15.0. The standard InChI is InChI=1S/C19H31N3O2/c1-20-10-3-8-19(18(20)24)9-13-22(14-19)16-6-11-21(12-7-16)17(23)15-4-2-5-15/h15-16H,2-14H2,1H3/t19-/m0/s1. The molecule has 3 heterocycles. The molecule has 2 amide bonds. The fourth-order valence-corrected chi connectivity index (χ4v) is 5.23. The first-order chi connectivity index (χ1) is 11.6. The largest absolute Gasteiger partial charge is 0.345 e. The van der Waals surface area contributed by atoms with Gasteiger partial charge in [-0.05, 0) is 51.5 Å². The van der Waals surface area contributed by atoms with Gasteiger partial charge in [0.25, 0.3) is 0 Å². The van der Waals surface area contributed by atoms with Gasteiger partial charge >= 0.3 is 0 Å². The van der Waals surface area contributed by atoms with Crippen LogP contribution < -0.4 is 0 Å². The van der Waals surface area contributed by atoms with Crippen molar-refractivity contribution in [3.63, 3.8) is 0 Å². The number of nitrogens with zero attached hydrogens (tertiary/aromatic N) is 3. The van der Waals surface area contributed by atoms with Crippen LogP contribution >= 0.6 is 0 Å². The molecular formula is C19H31N3O2. The quantitative estimate of drug-likeness (QED) is 0.773. The summed E-state index contributed by atoms with van der Waals surface area (Å²) < 4.78 is 0. The van der Waals surface area contributed by atoms with Gasteiger partial charge in [0.1, 0.15) is 0 Å². The van der Waals surface area contributed by atoms with E-state index in [1.54, 1.807) is 0 Å². The van der Waals surface area contributed by atoms with Crippen molar-refractivity contribution in [2.24, 2.45) is 11.3 Å². The summed E-state index contributed by atoms with van der Waals surface area (Å²) in [5.74, 6) is 1.10. The van der Waals surface area contributed by atoms with Gasteiger partial charge in [0.2, 0.25) is 11.8 Å². The van der Waals surface area contributed by atoms with Crippen molar-refractivity contribution in [1.29, 1.82) is 0 Å². The topological polar surface area (TPSA) is 43.9 Å². The Morgan fingerprint density at radius 3 is 2.42 bits per heavy atom. The average molecular weight is 333 g/mol. The van der Waals surface area contributed by atoms with Crippen molar-refractivity contribution >= 4 is 11.8 Å². The molecule has 24 heavy (non-hydrogen) atoms. The maximum absolute atomic E-state index is 12.7. The van der Waals surface area contributed by atoms with E-state index >= 15 is 0 Å². The predicted octanol–water partition coefficient (Wildman–Crippen LogP) is 1.72. The second kappa shape index (κ2) is 6.32. The number of amides is 2. The number of carbonyl (C=O) groups excluding carboxylic acids is 2. The number of hydrogen-bond acceptors (Lipinski definition) is 3. The number of hydrogen-bond donors (Lipinski definition) is 0. The smallest absolute Gasteiger partial charge is 0.229 e. The van der Waals surface area contributed by atoms with E-state index in [-0.39, 0.29) is 5.41 Å². The van der Waals surface area contributed by atoms with E-state index < -0.39 is 0 Å². The molecule has 5 nitrogen and oxygen atoms in total. The van der Waals surface area contributed by atoms with Gasteiger partial charge in [-0.1, -0.05) is 6.42 Å². The fourth-order valence-electron chi connectivity index (χ4n) is 5.23. The van der Waals surface area contributed by atoms with E-state index in [2.05, 4.69) is 9.80 Å². The summed E-state index contributed by atoms with van der Waals surface area (Å²) in [6.45, 7) is 4.75. The number of piperidine rings is 2. The summed E-state index contributed by atoms with van der Waals surface area (Å²) in [5, 5.41) is 0.